The summed E-state index contributed by atoms with van der Waals surface area (Å²) in [6, 6.07) is 15.3. The lowest BCUT2D eigenvalue weighted by molar-refractivity contribution is 0.0829. The molecule has 214 valence electrons. The molecular weight excluding hydrogens is 512 g/mol. The Morgan fingerprint density at radius 1 is 0.875 bits per heavy atom. The molecule has 0 aliphatic heterocycles. The molecule has 0 radical (unpaired) electrons. The van der Waals surface area contributed by atoms with Crippen LogP contribution in [0.5, 0.6) is 0 Å². The van der Waals surface area contributed by atoms with Crippen molar-refractivity contribution in [1.82, 2.24) is 16.0 Å². The highest BCUT2D eigenvalue weighted by molar-refractivity contribution is 6.00. The van der Waals surface area contributed by atoms with E-state index in [2.05, 4.69) is 28.9 Å². The molecule has 3 aromatic carbocycles. The van der Waals surface area contributed by atoms with E-state index in [0.717, 1.165) is 36.5 Å². The van der Waals surface area contributed by atoms with Gasteiger partial charge in [-0.2, -0.15) is 0 Å². The van der Waals surface area contributed by atoms with Crippen molar-refractivity contribution in [2.24, 2.45) is 0 Å². The van der Waals surface area contributed by atoms with Crippen LogP contribution >= 0.6 is 0 Å². The number of benzene rings is 3. The highest BCUT2D eigenvalue weighted by atomic mass is 19.1. The molecule has 2 atom stereocenters. The Hall–Kier alpha value is -3.62. The zero-order valence-electron chi connectivity index (χ0n) is 23.4. The number of carbonyl (C=O) groups is 2. The fourth-order valence-electron chi connectivity index (χ4n) is 4.51. The number of carbonyl (C=O) groups excluding carboxylic acids is 2. The van der Waals surface area contributed by atoms with Gasteiger partial charge in [0.25, 0.3) is 11.8 Å². The first-order valence-corrected chi connectivity index (χ1v) is 13.8. The van der Waals surface area contributed by atoms with E-state index in [1.165, 1.54) is 23.8 Å². The molecule has 0 heterocycles. The van der Waals surface area contributed by atoms with Gasteiger partial charge in [-0.25, -0.2) is 8.78 Å². The van der Waals surface area contributed by atoms with Crippen molar-refractivity contribution in [3.8, 4) is 0 Å². The molecule has 0 unspecified atom stereocenters. The van der Waals surface area contributed by atoms with Crippen LogP contribution in [0.2, 0.25) is 0 Å². The van der Waals surface area contributed by atoms with Gasteiger partial charge in [-0.1, -0.05) is 44.5 Å². The first-order valence-electron chi connectivity index (χ1n) is 13.8. The Morgan fingerprint density at radius 3 is 2.23 bits per heavy atom. The third-order valence-corrected chi connectivity index (χ3v) is 6.66. The molecule has 0 spiro atoms. The van der Waals surface area contributed by atoms with E-state index >= 15 is 0 Å². The molecule has 3 aromatic rings. The molecule has 6 nitrogen and oxygen atoms in total. The lowest BCUT2D eigenvalue weighted by atomic mass is 9.99. The quantitative estimate of drug-likeness (QED) is 0.216. The highest BCUT2D eigenvalue weighted by Crippen LogP contribution is 2.15. The summed E-state index contributed by atoms with van der Waals surface area (Å²) in [4.78, 5) is 25.9. The van der Waals surface area contributed by atoms with Crippen LogP contribution < -0.4 is 16.0 Å². The topological polar surface area (TPSA) is 90.5 Å². The third kappa shape index (κ3) is 9.54. The van der Waals surface area contributed by atoms with Crippen molar-refractivity contribution in [3.05, 3.63) is 106 Å². The highest BCUT2D eigenvalue weighted by Gasteiger charge is 2.24. The van der Waals surface area contributed by atoms with Crippen LogP contribution in [0.1, 0.15) is 69.7 Å². The van der Waals surface area contributed by atoms with Gasteiger partial charge in [-0.05, 0) is 78.8 Å². The number of amides is 2. The van der Waals surface area contributed by atoms with Crippen LogP contribution in [-0.4, -0.2) is 42.2 Å². The summed E-state index contributed by atoms with van der Waals surface area (Å²) in [6.45, 7) is 7.09. The summed E-state index contributed by atoms with van der Waals surface area (Å²) in [5, 5.41) is 20.0. The van der Waals surface area contributed by atoms with Crippen LogP contribution in [0.25, 0.3) is 0 Å². The minimum Gasteiger partial charge on any atom is -0.390 e. The fourth-order valence-corrected chi connectivity index (χ4v) is 4.51. The van der Waals surface area contributed by atoms with Crippen LogP contribution in [0, 0.1) is 18.6 Å². The number of halogens is 2. The van der Waals surface area contributed by atoms with Crippen LogP contribution in [-0.2, 0) is 19.4 Å². The number of aliphatic hydroxyl groups is 1. The Kier molecular flexibility index (Phi) is 11.8. The van der Waals surface area contributed by atoms with Gasteiger partial charge < -0.3 is 21.1 Å². The van der Waals surface area contributed by atoms with Gasteiger partial charge in [0.1, 0.15) is 11.6 Å². The van der Waals surface area contributed by atoms with E-state index < -0.39 is 29.7 Å². The Bertz CT molecular complexity index is 1280. The molecule has 4 N–H and O–H groups in total. The number of rotatable bonds is 14. The zero-order chi connectivity index (χ0) is 29.1. The van der Waals surface area contributed by atoms with Crippen LogP contribution in [0.3, 0.4) is 0 Å². The predicted octanol–water partition coefficient (Wildman–Crippen LogP) is 4.86. The zero-order valence-corrected chi connectivity index (χ0v) is 23.4. The molecule has 0 fully saturated rings. The standard InChI is InChI=1S/C32H39F2N3O3/c1-4-6-10-36-31(39)25-11-21(3)12-26(17-25)32(40)37-29(16-24-14-27(33)18-28(34)15-24)30(38)20-35-19-23-9-7-8-22(5-2)13-23/h7-9,11-15,17-18,29-30,35,38H,4-6,10,16,19-20H2,1-3H3,(H,36,39)(H,37,40)/t29-,30+/m0/s1. The van der Waals surface area contributed by atoms with Crippen molar-refractivity contribution in [2.45, 2.75) is 65.1 Å². The average Bonchev–Trinajstić information content (AvgIpc) is 2.92. The van der Waals surface area contributed by atoms with E-state index in [9.17, 15) is 23.5 Å². The van der Waals surface area contributed by atoms with Gasteiger partial charge in [0, 0.05) is 36.8 Å². The summed E-state index contributed by atoms with van der Waals surface area (Å²) in [7, 11) is 0. The third-order valence-electron chi connectivity index (χ3n) is 6.66. The minimum atomic E-state index is -1.06. The maximum atomic E-state index is 13.9. The minimum absolute atomic E-state index is 0.00473. The Labute approximate surface area is 235 Å². The molecule has 0 saturated heterocycles. The number of aryl methyl sites for hydroxylation is 2. The number of aliphatic hydroxyl groups excluding tert-OH is 1. The molecule has 0 aliphatic carbocycles. The summed E-state index contributed by atoms with van der Waals surface area (Å²) >= 11 is 0. The maximum absolute atomic E-state index is 13.9. The molecule has 0 bridgehead atoms. The number of unbranched alkanes of at least 4 members (excludes halogenated alkanes) is 1. The van der Waals surface area contributed by atoms with Gasteiger partial charge in [-0.15, -0.1) is 0 Å². The summed E-state index contributed by atoms with van der Waals surface area (Å²) < 4.78 is 27.8. The van der Waals surface area contributed by atoms with Crippen LogP contribution in [0.15, 0.2) is 60.7 Å². The molecule has 3 rings (SSSR count). The van der Waals surface area contributed by atoms with E-state index in [-0.39, 0.29) is 24.4 Å². The summed E-state index contributed by atoms with van der Waals surface area (Å²) in [5.74, 6) is -2.24. The van der Waals surface area contributed by atoms with Crippen molar-refractivity contribution < 1.29 is 23.5 Å². The van der Waals surface area contributed by atoms with E-state index in [0.29, 0.717) is 24.2 Å². The molecule has 0 aromatic heterocycles. The lowest BCUT2D eigenvalue weighted by Gasteiger charge is -2.25. The number of nitrogens with one attached hydrogen (secondary N) is 3. The van der Waals surface area contributed by atoms with Crippen LogP contribution in [0.4, 0.5) is 8.78 Å². The molecule has 2 amide bonds. The summed E-state index contributed by atoms with van der Waals surface area (Å²) in [5.41, 5.74) is 3.92. The first-order chi connectivity index (χ1) is 19.2. The Morgan fingerprint density at radius 2 is 1.55 bits per heavy atom. The second-order valence-electron chi connectivity index (χ2n) is 10.1. The van der Waals surface area contributed by atoms with E-state index in [4.69, 9.17) is 0 Å². The van der Waals surface area contributed by atoms with Gasteiger partial charge in [0.2, 0.25) is 0 Å². The van der Waals surface area contributed by atoms with Gasteiger partial charge in [-0.3, -0.25) is 9.59 Å². The van der Waals surface area contributed by atoms with Gasteiger partial charge >= 0.3 is 0 Å². The fraction of sp³-hybridized carbons (Fsp3) is 0.375. The molecule has 8 heteroatoms. The van der Waals surface area contributed by atoms with Gasteiger partial charge in [0.15, 0.2) is 0 Å². The number of hydrogen-bond donors (Lipinski definition) is 4. The summed E-state index contributed by atoms with van der Waals surface area (Å²) in [6.07, 6.45) is 1.65. The largest absolute Gasteiger partial charge is 0.390 e. The lowest BCUT2D eigenvalue weighted by Crippen LogP contribution is -2.48. The van der Waals surface area contributed by atoms with E-state index in [1.54, 1.807) is 19.1 Å². The smallest absolute Gasteiger partial charge is 0.251 e. The second kappa shape index (κ2) is 15.2. The van der Waals surface area contributed by atoms with Crippen molar-refractivity contribution >= 4 is 11.8 Å². The maximum Gasteiger partial charge on any atom is 0.251 e. The van der Waals surface area contributed by atoms with Crippen molar-refractivity contribution in [1.29, 1.82) is 0 Å². The SMILES string of the molecule is CCCCNC(=O)c1cc(C)cc(C(=O)N[C@@H](Cc2cc(F)cc(F)c2)[C@H](O)CNCc2cccc(CC)c2)c1. The monoisotopic (exact) mass is 551 g/mol. The molecule has 0 saturated carbocycles. The van der Waals surface area contributed by atoms with Crippen molar-refractivity contribution in [3.63, 3.8) is 0 Å². The molecule has 0 aliphatic rings. The van der Waals surface area contributed by atoms with E-state index in [1.807, 2.05) is 25.1 Å². The average molecular weight is 552 g/mol. The Balaban J connectivity index is 1.76. The number of hydrogen-bond acceptors (Lipinski definition) is 4. The van der Waals surface area contributed by atoms with Crippen molar-refractivity contribution in [2.75, 3.05) is 13.1 Å². The van der Waals surface area contributed by atoms with Gasteiger partial charge in [0.05, 0.1) is 12.1 Å². The predicted molar refractivity (Wildman–Crippen MR) is 153 cm³/mol. The first kappa shape index (κ1) is 30.9. The second-order valence-corrected chi connectivity index (χ2v) is 10.1. The molecule has 40 heavy (non-hydrogen) atoms. The normalized spacial score (nSPS) is 12.6. The molecular formula is C32H39F2N3O3.